The molecular formula is C31H41N5O2. The second-order valence-electron chi connectivity index (χ2n) is 11.8. The van der Waals surface area contributed by atoms with Gasteiger partial charge in [0.15, 0.2) is 0 Å². The zero-order valence-electron chi connectivity index (χ0n) is 23.0. The fraction of sp³-hybridized carbons (Fsp3) is 0.581. The van der Waals surface area contributed by atoms with Gasteiger partial charge in [0, 0.05) is 42.7 Å². The van der Waals surface area contributed by atoms with Crippen molar-refractivity contribution < 1.29 is 9.53 Å². The van der Waals surface area contributed by atoms with Crippen molar-refractivity contribution in [2.24, 2.45) is 0 Å². The Hall–Kier alpha value is -2.93. The van der Waals surface area contributed by atoms with Crippen LogP contribution in [0, 0.1) is 0 Å². The van der Waals surface area contributed by atoms with Crippen LogP contribution < -0.4 is 9.64 Å². The van der Waals surface area contributed by atoms with Gasteiger partial charge in [-0.1, -0.05) is 30.8 Å². The van der Waals surface area contributed by atoms with Crippen LogP contribution >= 0.6 is 0 Å². The van der Waals surface area contributed by atoms with Crippen LogP contribution in [0.3, 0.4) is 0 Å². The minimum atomic E-state index is 0.00354. The molecule has 1 spiro atoms. The number of hydrogen-bond acceptors (Lipinski definition) is 6. The van der Waals surface area contributed by atoms with Gasteiger partial charge in [0.25, 0.3) is 0 Å². The number of benzene rings is 1. The SMILES string of the molecule is C=CC(=O)N1CCN(c2nc(OC[C@@H]3CCCN3C)nc3c2CCC2(CCCc4ccccc42)C3)[C@@H](C)C1. The number of likely N-dealkylation sites (tertiary alicyclic amines) is 1. The van der Waals surface area contributed by atoms with E-state index < -0.39 is 0 Å². The number of carbonyl (C=O) groups is 1. The predicted molar refractivity (Wildman–Crippen MR) is 150 cm³/mol. The van der Waals surface area contributed by atoms with Gasteiger partial charge in [-0.25, -0.2) is 0 Å². The highest BCUT2D eigenvalue weighted by Crippen LogP contribution is 2.47. The molecule has 1 aromatic heterocycles. The summed E-state index contributed by atoms with van der Waals surface area (Å²) in [6.07, 6.45) is 10.5. The van der Waals surface area contributed by atoms with Gasteiger partial charge >= 0.3 is 6.01 Å². The third-order valence-corrected chi connectivity index (χ3v) is 9.56. The number of carbonyl (C=O) groups excluding carboxylic acids is 1. The number of piperazine rings is 1. The molecule has 0 radical (unpaired) electrons. The van der Waals surface area contributed by atoms with Crippen molar-refractivity contribution in [3.05, 3.63) is 59.3 Å². The zero-order chi connectivity index (χ0) is 26.3. The number of aromatic nitrogens is 2. The molecule has 202 valence electrons. The fourth-order valence-electron chi connectivity index (χ4n) is 7.39. The van der Waals surface area contributed by atoms with Gasteiger partial charge in [0.2, 0.25) is 5.91 Å². The normalized spacial score (nSPS) is 27.2. The van der Waals surface area contributed by atoms with E-state index >= 15 is 0 Å². The standard InChI is InChI=1S/C31H41N5O2/c1-4-28(37)35-17-18-36(22(2)20-35)29-25-13-15-31(14-7-10-23-9-5-6-12-26(23)31)19-27(25)32-30(33-29)38-21-24-11-8-16-34(24)3/h4-6,9,12,22,24H,1,7-8,10-11,13-21H2,2-3H3/t22-,24-,31?/m0/s1. The molecule has 1 amide bonds. The van der Waals surface area contributed by atoms with Crippen molar-refractivity contribution in [2.45, 2.75) is 75.8 Å². The molecule has 2 aromatic rings. The smallest absolute Gasteiger partial charge is 0.318 e. The van der Waals surface area contributed by atoms with Gasteiger partial charge in [-0.05, 0) is 89.1 Å². The minimum absolute atomic E-state index is 0.00354. The number of amides is 1. The summed E-state index contributed by atoms with van der Waals surface area (Å²) in [7, 11) is 2.18. The average Bonchev–Trinajstić information content (AvgIpc) is 3.35. The van der Waals surface area contributed by atoms with Crippen LogP contribution in [0.5, 0.6) is 6.01 Å². The van der Waals surface area contributed by atoms with Gasteiger partial charge in [0.05, 0.1) is 5.69 Å². The molecule has 38 heavy (non-hydrogen) atoms. The van der Waals surface area contributed by atoms with Crippen molar-refractivity contribution in [3.8, 4) is 6.01 Å². The summed E-state index contributed by atoms with van der Waals surface area (Å²) in [5.74, 6) is 1.02. The Kier molecular flexibility index (Phi) is 6.89. The summed E-state index contributed by atoms with van der Waals surface area (Å²) in [5, 5.41) is 0. The summed E-state index contributed by atoms with van der Waals surface area (Å²) >= 11 is 0. The molecule has 1 aromatic carbocycles. The highest BCUT2D eigenvalue weighted by Gasteiger charge is 2.42. The molecule has 2 aliphatic heterocycles. The highest BCUT2D eigenvalue weighted by atomic mass is 16.5. The van der Waals surface area contributed by atoms with Crippen molar-refractivity contribution >= 4 is 11.7 Å². The van der Waals surface area contributed by atoms with Crippen LogP contribution in [-0.2, 0) is 29.5 Å². The lowest BCUT2D eigenvalue weighted by molar-refractivity contribution is -0.126. The Morgan fingerprint density at radius 1 is 1.16 bits per heavy atom. The number of fused-ring (bicyclic) bond motifs is 3. The van der Waals surface area contributed by atoms with Crippen molar-refractivity contribution in [1.29, 1.82) is 0 Å². The van der Waals surface area contributed by atoms with E-state index in [0.717, 1.165) is 50.3 Å². The van der Waals surface area contributed by atoms with Crippen LogP contribution in [0.15, 0.2) is 36.9 Å². The first-order chi connectivity index (χ1) is 18.5. The molecule has 3 atom stereocenters. The number of anilines is 1. The van der Waals surface area contributed by atoms with Crippen LogP contribution in [-0.4, -0.2) is 77.6 Å². The number of likely N-dealkylation sites (N-methyl/N-ethyl adjacent to an activating group) is 1. The maximum atomic E-state index is 12.3. The maximum absolute atomic E-state index is 12.3. The van der Waals surface area contributed by atoms with Crippen molar-refractivity contribution in [3.63, 3.8) is 0 Å². The second-order valence-corrected chi connectivity index (χ2v) is 11.8. The summed E-state index contributed by atoms with van der Waals surface area (Å²) in [4.78, 5) is 29.1. The van der Waals surface area contributed by atoms with E-state index in [-0.39, 0.29) is 17.4 Å². The van der Waals surface area contributed by atoms with Gasteiger partial charge < -0.3 is 19.4 Å². The van der Waals surface area contributed by atoms with Crippen molar-refractivity contribution in [1.82, 2.24) is 19.8 Å². The second kappa shape index (κ2) is 10.3. The van der Waals surface area contributed by atoms with E-state index in [2.05, 4.69) is 54.6 Å². The molecule has 2 saturated heterocycles. The molecule has 0 bridgehead atoms. The number of nitrogens with zero attached hydrogens (tertiary/aromatic N) is 5. The molecule has 6 rings (SSSR count). The fourth-order valence-corrected chi connectivity index (χ4v) is 7.39. The summed E-state index contributed by atoms with van der Waals surface area (Å²) in [6.45, 7) is 9.71. The zero-order valence-corrected chi connectivity index (χ0v) is 23.0. The number of rotatable bonds is 5. The van der Waals surface area contributed by atoms with Crippen molar-refractivity contribution in [2.75, 3.05) is 44.7 Å². The molecule has 7 nitrogen and oxygen atoms in total. The molecule has 4 aliphatic rings. The molecule has 1 unspecified atom stereocenters. The van der Waals surface area contributed by atoms with Gasteiger partial charge in [-0.15, -0.1) is 0 Å². The largest absolute Gasteiger partial charge is 0.462 e. The molecule has 3 heterocycles. The molecule has 2 fully saturated rings. The lowest BCUT2D eigenvalue weighted by atomic mass is 9.62. The topological polar surface area (TPSA) is 61.8 Å². The number of ether oxygens (including phenoxy) is 1. The third-order valence-electron chi connectivity index (χ3n) is 9.56. The van der Waals surface area contributed by atoms with Crippen LogP contribution in [0.1, 0.15) is 61.4 Å². The van der Waals surface area contributed by atoms with E-state index in [0.29, 0.717) is 31.7 Å². The van der Waals surface area contributed by atoms with Crippen LogP contribution in [0.2, 0.25) is 0 Å². The first-order valence-electron chi connectivity index (χ1n) is 14.5. The first kappa shape index (κ1) is 25.4. The molecular weight excluding hydrogens is 474 g/mol. The maximum Gasteiger partial charge on any atom is 0.318 e. The Balaban J connectivity index is 1.34. The first-order valence-corrected chi connectivity index (χ1v) is 14.5. The lowest BCUT2D eigenvalue weighted by Gasteiger charge is -2.45. The molecule has 2 aliphatic carbocycles. The number of aryl methyl sites for hydroxylation is 1. The van der Waals surface area contributed by atoms with Crippen LogP contribution in [0.25, 0.3) is 0 Å². The minimum Gasteiger partial charge on any atom is -0.462 e. The van der Waals surface area contributed by atoms with E-state index in [9.17, 15) is 4.79 Å². The Morgan fingerprint density at radius 2 is 2.03 bits per heavy atom. The summed E-state index contributed by atoms with van der Waals surface area (Å²) < 4.78 is 6.35. The molecule has 0 saturated carbocycles. The van der Waals surface area contributed by atoms with E-state index in [1.54, 1.807) is 0 Å². The summed E-state index contributed by atoms with van der Waals surface area (Å²) in [6, 6.07) is 10.1. The lowest BCUT2D eigenvalue weighted by Crippen LogP contribution is -2.54. The van der Waals surface area contributed by atoms with Crippen LogP contribution in [0.4, 0.5) is 5.82 Å². The van der Waals surface area contributed by atoms with E-state index in [1.165, 1.54) is 48.4 Å². The van der Waals surface area contributed by atoms with E-state index in [1.807, 2.05) is 4.90 Å². The third kappa shape index (κ3) is 4.59. The Bertz CT molecular complexity index is 1210. The monoisotopic (exact) mass is 515 g/mol. The average molecular weight is 516 g/mol. The Labute approximate surface area is 226 Å². The van der Waals surface area contributed by atoms with Gasteiger partial charge in [-0.2, -0.15) is 9.97 Å². The Morgan fingerprint density at radius 3 is 2.82 bits per heavy atom. The van der Waals surface area contributed by atoms with E-state index in [4.69, 9.17) is 14.7 Å². The molecule has 7 heteroatoms. The number of hydrogen-bond donors (Lipinski definition) is 0. The predicted octanol–water partition coefficient (Wildman–Crippen LogP) is 3.94. The summed E-state index contributed by atoms with van der Waals surface area (Å²) in [5.41, 5.74) is 5.62. The quantitative estimate of drug-likeness (QED) is 0.563. The highest BCUT2D eigenvalue weighted by molar-refractivity contribution is 5.87. The van der Waals surface area contributed by atoms with Gasteiger partial charge in [-0.3, -0.25) is 4.79 Å². The van der Waals surface area contributed by atoms with Gasteiger partial charge in [0.1, 0.15) is 12.4 Å². The molecule has 0 N–H and O–H groups in total.